The minimum absolute atomic E-state index is 0.118. The number of ether oxygens (including phenoxy) is 2. The lowest BCUT2D eigenvalue weighted by atomic mass is 10.1. The van der Waals surface area contributed by atoms with E-state index >= 15 is 0 Å². The molecule has 8 heteroatoms. The Labute approximate surface area is 157 Å². The highest BCUT2D eigenvalue weighted by Gasteiger charge is 2.26. The van der Waals surface area contributed by atoms with E-state index in [0.29, 0.717) is 31.9 Å². The summed E-state index contributed by atoms with van der Waals surface area (Å²) in [5, 5.41) is 0. The van der Waals surface area contributed by atoms with E-state index in [1.54, 1.807) is 19.1 Å². The first-order chi connectivity index (χ1) is 12.9. The molecule has 0 spiro atoms. The van der Waals surface area contributed by atoms with E-state index < -0.39 is 22.1 Å². The Bertz CT molecular complexity index is 891. The Morgan fingerprint density at radius 2 is 1.67 bits per heavy atom. The van der Waals surface area contributed by atoms with Gasteiger partial charge in [-0.2, -0.15) is 4.31 Å². The SMILES string of the molecule is C[C@@H](OC(=O)c1ccc(S(=O)(=O)N2CCOCC2)cc1)c1ccc(F)cc1. The van der Waals surface area contributed by atoms with Gasteiger partial charge in [-0.25, -0.2) is 17.6 Å². The van der Waals surface area contributed by atoms with Crippen LogP contribution in [0, 0.1) is 5.82 Å². The zero-order chi connectivity index (χ0) is 19.4. The lowest BCUT2D eigenvalue weighted by molar-refractivity contribution is 0.0337. The maximum Gasteiger partial charge on any atom is 0.338 e. The van der Waals surface area contributed by atoms with Crippen molar-refractivity contribution in [1.82, 2.24) is 4.31 Å². The molecule has 6 nitrogen and oxygen atoms in total. The first-order valence-corrected chi connectivity index (χ1v) is 9.96. The molecular formula is C19H20FNO5S. The van der Waals surface area contributed by atoms with Gasteiger partial charge in [0.25, 0.3) is 0 Å². The second-order valence-electron chi connectivity index (χ2n) is 6.14. The summed E-state index contributed by atoms with van der Waals surface area (Å²) in [7, 11) is -3.61. The van der Waals surface area contributed by atoms with Gasteiger partial charge in [0.1, 0.15) is 11.9 Å². The van der Waals surface area contributed by atoms with Crippen LogP contribution in [0.2, 0.25) is 0 Å². The zero-order valence-corrected chi connectivity index (χ0v) is 15.6. The second-order valence-corrected chi connectivity index (χ2v) is 8.08. The van der Waals surface area contributed by atoms with Crippen molar-refractivity contribution in [1.29, 1.82) is 0 Å². The van der Waals surface area contributed by atoms with Gasteiger partial charge in [0.2, 0.25) is 10.0 Å². The highest BCUT2D eigenvalue weighted by Crippen LogP contribution is 2.21. The van der Waals surface area contributed by atoms with Gasteiger partial charge in [-0.3, -0.25) is 0 Å². The number of esters is 1. The third kappa shape index (κ3) is 4.52. The quantitative estimate of drug-likeness (QED) is 0.731. The molecule has 2 aromatic carbocycles. The monoisotopic (exact) mass is 393 g/mol. The van der Waals surface area contributed by atoms with Crippen molar-refractivity contribution in [3.05, 3.63) is 65.5 Å². The average Bonchev–Trinajstić information content (AvgIpc) is 2.69. The second kappa shape index (κ2) is 8.16. The number of benzene rings is 2. The summed E-state index contributed by atoms with van der Waals surface area (Å²) in [6, 6.07) is 11.3. The minimum Gasteiger partial charge on any atom is -0.454 e. The molecule has 0 bridgehead atoms. The van der Waals surface area contributed by atoms with Crippen molar-refractivity contribution in [2.45, 2.75) is 17.9 Å². The molecule has 0 unspecified atom stereocenters. The topological polar surface area (TPSA) is 72.9 Å². The predicted molar refractivity (Wildman–Crippen MR) is 96.3 cm³/mol. The number of carbonyl (C=O) groups excluding carboxylic acids is 1. The van der Waals surface area contributed by atoms with Crippen LogP contribution in [0.1, 0.15) is 28.9 Å². The van der Waals surface area contributed by atoms with Crippen LogP contribution in [0.3, 0.4) is 0 Å². The lowest BCUT2D eigenvalue weighted by Crippen LogP contribution is -2.40. The Hall–Kier alpha value is -2.29. The van der Waals surface area contributed by atoms with E-state index in [4.69, 9.17) is 9.47 Å². The Morgan fingerprint density at radius 3 is 2.26 bits per heavy atom. The molecule has 0 amide bonds. The van der Waals surface area contributed by atoms with Gasteiger partial charge in [0.15, 0.2) is 0 Å². The third-order valence-electron chi connectivity index (χ3n) is 4.32. The van der Waals surface area contributed by atoms with E-state index in [0.717, 1.165) is 0 Å². The molecular weight excluding hydrogens is 373 g/mol. The number of morpholine rings is 1. The van der Waals surface area contributed by atoms with Gasteiger partial charge >= 0.3 is 5.97 Å². The molecule has 1 heterocycles. The van der Waals surface area contributed by atoms with Gasteiger partial charge < -0.3 is 9.47 Å². The highest BCUT2D eigenvalue weighted by atomic mass is 32.2. The molecule has 3 rings (SSSR count). The summed E-state index contributed by atoms with van der Waals surface area (Å²) in [5.41, 5.74) is 0.904. The summed E-state index contributed by atoms with van der Waals surface area (Å²) in [6.45, 7) is 3.03. The maximum absolute atomic E-state index is 13.0. The normalized spacial score (nSPS) is 16.7. The summed E-state index contributed by atoms with van der Waals surface area (Å²) >= 11 is 0. The number of halogens is 1. The van der Waals surface area contributed by atoms with Gasteiger partial charge in [-0.15, -0.1) is 0 Å². The van der Waals surface area contributed by atoms with Gasteiger partial charge in [0.05, 0.1) is 23.7 Å². The Morgan fingerprint density at radius 1 is 1.07 bits per heavy atom. The number of nitrogens with zero attached hydrogens (tertiary/aromatic N) is 1. The van der Waals surface area contributed by atoms with Gasteiger partial charge in [0, 0.05) is 13.1 Å². The van der Waals surface area contributed by atoms with E-state index in [1.165, 1.54) is 40.7 Å². The molecule has 0 N–H and O–H groups in total. The Kier molecular flexibility index (Phi) is 5.88. The van der Waals surface area contributed by atoms with Crippen molar-refractivity contribution in [3.8, 4) is 0 Å². The fraction of sp³-hybridized carbons (Fsp3) is 0.316. The number of rotatable bonds is 5. The molecule has 0 saturated carbocycles. The molecule has 0 aromatic heterocycles. The van der Waals surface area contributed by atoms with E-state index in [-0.39, 0.29) is 16.3 Å². The number of carbonyl (C=O) groups is 1. The summed E-state index contributed by atoms with van der Waals surface area (Å²) in [4.78, 5) is 12.4. The van der Waals surface area contributed by atoms with Gasteiger partial charge in [-0.05, 0) is 48.9 Å². The molecule has 0 aliphatic carbocycles. The van der Waals surface area contributed by atoms with Crippen LogP contribution >= 0.6 is 0 Å². The average molecular weight is 393 g/mol. The van der Waals surface area contributed by atoms with Crippen molar-refractivity contribution < 1.29 is 27.1 Å². The van der Waals surface area contributed by atoms with Crippen LogP contribution in [0.4, 0.5) is 4.39 Å². The van der Waals surface area contributed by atoms with E-state index in [2.05, 4.69) is 0 Å². The van der Waals surface area contributed by atoms with E-state index in [1.807, 2.05) is 0 Å². The van der Waals surface area contributed by atoms with Crippen molar-refractivity contribution in [2.75, 3.05) is 26.3 Å². The van der Waals surface area contributed by atoms with Crippen molar-refractivity contribution in [3.63, 3.8) is 0 Å². The van der Waals surface area contributed by atoms with Crippen LogP contribution in [0.5, 0.6) is 0 Å². The molecule has 1 atom stereocenters. The molecule has 1 fully saturated rings. The molecule has 1 aliphatic heterocycles. The number of hydrogen-bond acceptors (Lipinski definition) is 5. The van der Waals surface area contributed by atoms with Crippen LogP contribution in [0.25, 0.3) is 0 Å². The van der Waals surface area contributed by atoms with Crippen molar-refractivity contribution >= 4 is 16.0 Å². The smallest absolute Gasteiger partial charge is 0.338 e. The Balaban J connectivity index is 1.69. The number of sulfonamides is 1. The lowest BCUT2D eigenvalue weighted by Gasteiger charge is -2.26. The molecule has 27 heavy (non-hydrogen) atoms. The van der Waals surface area contributed by atoms with E-state index in [9.17, 15) is 17.6 Å². The summed E-state index contributed by atoms with van der Waals surface area (Å²) in [5.74, 6) is -0.948. The fourth-order valence-corrected chi connectivity index (χ4v) is 4.14. The maximum atomic E-state index is 13.0. The van der Waals surface area contributed by atoms with Crippen molar-refractivity contribution in [2.24, 2.45) is 0 Å². The first-order valence-electron chi connectivity index (χ1n) is 8.52. The summed E-state index contributed by atoms with van der Waals surface area (Å²) < 4.78 is 50.0. The molecule has 144 valence electrons. The zero-order valence-electron chi connectivity index (χ0n) is 14.8. The first kappa shape index (κ1) is 19.5. The molecule has 1 aliphatic rings. The largest absolute Gasteiger partial charge is 0.454 e. The molecule has 0 radical (unpaired) electrons. The highest BCUT2D eigenvalue weighted by molar-refractivity contribution is 7.89. The van der Waals surface area contributed by atoms with Gasteiger partial charge in [-0.1, -0.05) is 12.1 Å². The standard InChI is InChI=1S/C19H20FNO5S/c1-14(15-2-6-17(20)7-3-15)26-19(22)16-4-8-18(9-5-16)27(23,24)21-10-12-25-13-11-21/h2-9,14H,10-13H2,1H3/t14-/m1/s1. The fourth-order valence-electron chi connectivity index (χ4n) is 2.73. The minimum atomic E-state index is -3.61. The number of hydrogen-bond donors (Lipinski definition) is 0. The third-order valence-corrected chi connectivity index (χ3v) is 6.23. The van der Waals surface area contributed by atoms with Crippen LogP contribution in [0.15, 0.2) is 53.4 Å². The van der Waals surface area contributed by atoms with Crippen LogP contribution in [-0.2, 0) is 19.5 Å². The molecule has 1 saturated heterocycles. The molecule has 2 aromatic rings. The van der Waals surface area contributed by atoms with Crippen LogP contribution < -0.4 is 0 Å². The van der Waals surface area contributed by atoms with Crippen LogP contribution in [-0.4, -0.2) is 45.0 Å². The summed E-state index contributed by atoms with van der Waals surface area (Å²) in [6.07, 6.45) is -0.560. The predicted octanol–water partition coefficient (Wildman–Crippen LogP) is 2.76.